The van der Waals surface area contributed by atoms with Gasteiger partial charge < -0.3 is 20.3 Å². The van der Waals surface area contributed by atoms with E-state index >= 15 is 0 Å². The summed E-state index contributed by atoms with van der Waals surface area (Å²) in [5, 5.41) is 11.3. The minimum absolute atomic E-state index is 0.0615. The van der Waals surface area contributed by atoms with Gasteiger partial charge in [-0.1, -0.05) is 5.16 Å². The van der Waals surface area contributed by atoms with Crippen molar-refractivity contribution in [2.45, 2.75) is 81.3 Å². The molecule has 43 heavy (non-hydrogen) atoms. The van der Waals surface area contributed by atoms with Crippen molar-refractivity contribution in [1.29, 1.82) is 0 Å². The maximum absolute atomic E-state index is 14.1. The van der Waals surface area contributed by atoms with Crippen molar-refractivity contribution >= 4 is 17.5 Å². The van der Waals surface area contributed by atoms with E-state index in [2.05, 4.69) is 15.6 Å². The van der Waals surface area contributed by atoms with Gasteiger partial charge in [0.1, 0.15) is 11.3 Å². The first-order valence-electron chi connectivity index (χ1n) is 14.3. The molecule has 6 rings (SSSR count). The Balaban J connectivity index is 1.33. The summed E-state index contributed by atoms with van der Waals surface area (Å²) in [4.78, 5) is 29.7. The minimum atomic E-state index is -4.44. The average Bonchev–Trinajstić information content (AvgIpc) is 3.52. The highest BCUT2D eigenvalue weighted by molar-refractivity contribution is 5.95. The van der Waals surface area contributed by atoms with Gasteiger partial charge in [0, 0.05) is 19.3 Å². The summed E-state index contributed by atoms with van der Waals surface area (Å²) < 4.78 is 78.6. The van der Waals surface area contributed by atoms with Crippen molar-refractivity contribution in [2.75, 3.05) is 13.2 Å². The number of primary amides is 1. The molecule has 1 aliphatic heterocycles. The van der Waals surface area contributed by atoms with Crippen molar-refractivity contribution in [3.8, 4) is 0 Å². The van der Waals surface area contributed by atoms with Gasteiger partial charge in [0.25, 0.3) is 5.91 Å². The number of halogens is 5. The highest BCUT2D eigenvalue weighted by Gasteiger charge is 2.43. The molecule has 10 nitrogen and oxygen atoms in total. The summed E-state index contributed by atoms with van der Waals surface area (Å²) >= 11 is 0. The van der Waals surface area contributed by atoms with E-state index < -0.39 is 48.7 Å². The smallest absolute Gasteiger partial charge is 0.380 e. The second kappa shape index (κ2) is 11.1. The Hall–Kier alpha value is -3.62. The third-order valence-electron chi connectivity index (χ3n) is 8.61. The van der Waals surface area contributed by atoms with Crippen molar-refractivity contribution in [2.24, 2.45) is 17.6 Å². The number of aromatic nitrogens is 4. The largest absolute Gasteiger partial charge is 0.389 e. The summed E-state index contributed by atoms with van der Waals surface area (Å²) in [5.74, 6) is -5.26. The number of nitrogens with two attached hydrogens (primary N) is 1. The lowest BCUT2D eigenvalue weighted by Gasteiger charge is -2.32. The number of ether oxygens (including phenoxy) is 1. The van der Waals surface area contributed by atoms with E-state index in [0.29, 0.717) is 35.8 Å². The lowest BCUT2D eigenvalue weighted by Crippen LogP contribution is -2.31. The van der Waals surface area contributed by atoms with Gasteiger partial charge in [0.15, 0.2) is 11.4 Å². The average molecular weight is 611 g/mol. The maximum Gasteiger partial charge on any atom is 0.389 e. The van der Waals surface area contributed by atoms with Crippen LogP contribution in [0.3, 0.4) is 0 Å². The number of amides is 2. The van der Waals surface area contributed by atoms with Crippen LogP contribution in [0.25, 0.3) is 5.65 Å². The zero-order valence-corrected chi connectivity index (χ0v) is 23.1. The topological polar surface area (TPSA) is 138 Å². The normalized spacial score (nSPS) is 21.0. The second-order valence-electron chi connectivity index (χ2n) is 11.8. The predicted octanol–water partition coefficient (Wildman–Crippen LogP) is 4.80. The van der Waals surface area contributed by atoms with E-state index in [1.165, 1.54) is 10.7 Å². The fraction of sp³-hybridized carbons (Fsp3) is 0.607. The molecule has 2 amide bonds. The van der Waals surface area contributed by atoms with Crippen LogP contribution in [0.2, 0.25) is 0 Å². The van der Waals surface area contributed by atoms with E-state index in [0.717, 1.165) is 12.8 Å². The molecule has 15 heteroatoms. The van der Waals surface area contributed by atoms with Crippen molar-refractivity contribution in [3.63, 3.8) is 0 Å². The van der Waals surface area contributed by atoms with E-state index in [-0.39, 0.29) is 54.8 Å². The molecule has 3 aliphatic rings. The summed E-state index contributed by atoms with van der Waals surface area (Å²) in [6.07, 6.45) is -1.91. The molecule has 3 aromatic rings. The standard InChI is InChI=1S/C28H31F5N6O4/c29-27(30)6-3-14(4-7-27)21(25-22(26(34)41)24(38-43-25)17-12-42-13-17)18-11-39-19(36-18)9-16(10-35-39)23(15-1-2-15)37-20(40)5-8-28(31,32)33/h9-11,14-15,17,21,23H,1-8,12-13H2,(H2,34,41)(H,37,40)/t21-,23+/m0/s1. The summed E-state index contributed by atoms with van der Waals surface area (Å²) in [7, 11) is 0. The Morgan fingerprint density at radius 3 is 2.47 bits per heavy atom. The molecule has 2 saturated carbocycles. The molecular weight excluding hydrogens is 579 g/mol. The Morgan fingerprint density at radius 2 is 1.86 bits per heavy atom. The SMILES string of the molecule is NC(=O)c1c(C2COC2)noc1[C@H](c1cn2ncc([C@H](NC(=O)CCC(F)(F)F)C3CC3)cc2n1)C1CCC(F)(F)CC1. The zero-order valence-electron chi connectivity index (χ0n) is 23.1. The monoisotopic (exact) mass is 610 g/mol. The molecule has 3 fully saturated rings. The molecule has 0 aromatic carbocycles. The van der Waals surface area contributed by atoms with Crippen LogP contribution >= 0.6 is 0 Å². The highest BCUT2D eigenvalue weighted by Crippen LogP contribution is 2.47. The Kier molecular flexibility index (Phi) is 7.63. The second-order valence-corrected chi connectivity index (χ2v) is 11.8. The molecule has 0 radical (unpaired) electrons. The number of alkyl halides is 5. The molecule has 0 bridgehead atoms. The van der Waals surface area contributed by atoms with Gasteiger partial charge in [0.05, 0.1) is 55.6 Å². The van der Waals surface area contributed by atoms with Crippen LogP contribution in [0.5, 0.6) is 0 Å². The number of hydrogen-bond donors (Lipinski definition) is 2. The quantitative estimate of drug-likeness (QED) is 0.315. The number of carbonyl (C=O) groups is 2. The number of fused-ring (bicyclic) bond motifs is 1. The molecular formula is C28H31F5N6O4. The van der Waals surface area contributed by atoms with Gasteiger partial charge in [0.2, 0.25) is 11.8 Å². The van der Waals surface area contributed by atoms with Gasteiger partial charge in [-0.05, 0) is 49.1 Å². The third kappa shape index (κ3) is 6.36. The van der Waals surface area contributed by atoms with E-state index in [1.54, 1.807) is 12.3 Å². The fourth-order valence-electron chi connectivity index (χ4n) is 6.07. The molecule has 0 unspecified atom stereocenters. The molecule has 3 N–H and O–H groups in total. The van der Waals surface area contributed by atoms with Gasteiger partial charge in [-0.2, -0.15) is 18.3 Å². The number of nitrogens with one attached hydrogen (secondary N) is 1. The molecule has 2 atom stereocenters. The number of rotatable bonds is 10. The van der Waals surface area contributed by atoms with E-state index in [1.807, 2.05) is 0 Å². The first-order valence-corrected chi connectivity index (χ1v) is 14.3. The van der Waals surface area contributed by atoms with Crippen molar-refractivity contribution < 1.29 is 40.8 Å². The number of hydrogen-bond acceptors (Lipinski definition) is 7. The van der Waals surface area contributed by atoms with Gasteiger partial charge in [-0.3, -0.25) is 9.59 Å². The summed E-state index contributed by atoms with van der Waals surface area (Å²) in [6, 6.07) is 1.17. The molecule has 232 valence electrons. The number of carbonyl (C=O) groups excluding carboxylic acids is 2. The van der Waals surface area contributed by atoms with Gasteiger partial charge in [-0.15, -0.1) is 0 Å². The first-order chi connectivity index (χ1) is 20.4. The Bertz CT molecular complexity index is 1500. The molecule has 3 aromatic heterocycles. The van der Waals surface area contributed by atoms with Gasteiger partial charge in [-0.25, -0.2) is 18.3 Å². The Labute approximate surface area is 242 Å². The minimum Gasteiger partial charge on any atom is -0.380 e. The summed E-state index contributed by atoms with van der Waals surface area (Å²) in [5.41, 5.74) is 7.65. The van der Waals surface area contributed by atoms with Crippen LogP contribution in [0, 0.1) is 11.8 Å². The van der Waals surface area contributed by atoms with Crippen molar-refractivity contribution in [1.82, 2.24) is 25.1 Å². The van der Waals surface area contributed by atoms with Crippen LogP contribution in [0.4, 0.5) is 22.0 Å². The third-order valence-corrected chi connectivity index (χ3v) is 8.61. The van der Waals surface area contributed by atoms with Crippen LogP contribution in [0.1, 0.15) is 102 Å². The van der Waals surface area contributed by atoms with E-state index in [4.69, 9.17) is 20.0 Å². The molecule has 0 spiro atoms. The van der Waals surface area contributed by atoms with Crippen LogP contribution in [-0.4, -0.2) is 56.9 Å². The number of nitrogens with zero attached hydrogens (tertiary/aromatic N) is 4. The lowest BCUT2D eigenvalue weighted by atomic mass is 9.75. The van der Waals surface area contributed by atoms with Crippen molar-refractivity contribution in [3.05, 3.63) is 46.7 Å². The molecule has 4 heterocycles. The molecule has 1 saturated heterocycles. The van der Waals surface area contributed by atoms with Crippen LogP contribution in [0.15, 0.2) is 23.0 Å². The van der Waals surface area contributed by atoms with Gasteiger partial charge >= 0.3 is 6.18 Å². The first kappa shape index (κ1) is 29.5. The molecule has 2 aliphatic carbocycles. The van der Waals surface area contributed by atoms with Crippen LogP contribution in [-0.2, 0) is 9.53 Å². The highest BCUT2D eigenvalue weighted by atomic mass is 19.4. The Morgan fingerprint density at radius 1 is 1.14 bits per heavy atom. The maximum atomic E-state index is 14.1. The predicted molar refractivity (Wildman–Crippen MR) is 139 cm³/mol. The lowest BCUT2D eigenvalue weighted by molar-refractivity contribution is -0.144. The number of imidazole rings is 1. The zero-order chi connectivity index (χ0) is 30.5. The van der Waals surface area contributed by atoms with Crippen LogP contribution < -0.4 is 11.1 Å². The van der Waals surface area contributed by atoms with E-state index in [9.17, 15) is 31.5 Å². The summed E-state index contributed by atoms with van der Waals surface area (Å²) in [6.45, 7) is 0.699. The fourth-order valence-corrected chi connectivity index (χ4v) is 6.07.